The highest BCUT2D eigenvalue weighted by atomic mass is 32.2. The number of sulfonamides is 1. The van der Waals surface area contributed by atoms with Gasteiger partial charge in [0.2, 0.25) is 10.0 Å². The summed E-state index contributed by atoms with van der Waals surface area (Å²) in [6, 6.07) is 8.97. The van der Waals surface area contributed by atoms with Crippen molar-refractivity contribution in [3.63, 3.8) is 0 Å². The van der Waals surface area contributed by atoms with Gasteiger partial charge in [-0.25, -0.2) is 17.3 Å². The number of amides is 1. The average molecular weight is 457 g/mol. The maximum atomic E-state index is 13.2. The molecule has 0 aliphatic carbocycles. The molecule has 0 bridgehead atoms. The van der Waals surface area contributed by atoms with Gasteiger partial charge in [0, 0.05) is 32.4 Å². The first-order chi connectivity index (χ1) is 15.4. The Balaban J connectivity index is 1.33. The van der Waals surface area contributed by atoms with Crippen LogP contribution in [0.25, 0.3) is 5.52 Å². The highest BCUT2D eigenvalue weighted by Gasteiger charge is 2.30. The summed E-state index contributed by atoms with van der Waals surface area (Å²) in [6.07, 6.45) is 6.94. The molecule has 2 aliphatic rings. The zero-order chi connectivity index (χ0) is 22.3. The Morgan fingerprint density at radius 3 is 2.38 bits per heavy atom. The largest absolute Gasteiger partial charge is 0.339 e. The summed E-state index contributed by atoms with van der Waals surface area (Å²) in [4.78, 5) is 14.9. The number of fused-ring (bicyclic) bond motifs is 1. The summed E-state index contributed by atoms with van der Waals surface area (Å²) in [5.74, 6) is -0.236. The quantitative estimate of drug-likeness (QED) is 0.604. The Hall–Kier alpha value is -2.78. The normalized spacial score (nSPS) is 18.5. The second-order valence-corrected chi connectivity index (χ2v) is 10.4. The number of hydrogen-bond donors (Lipinski definition) is 0. The van der Waals surface area contributed by atoms with E-state index in [4.69, 9.17) is 0 Å². The number of pyridine rings is 1. The maximum Gasteiger partial charge on any atom is 0.257 e. The SMILES string of the molecule is O=C(c1cnn2ccc(C3CCN(S(=O)(=O)c4ccc(F)cc4)CC3)cc12)N1CCCC1. The van der Waals surface area contributed by atoms with Gasteiger partial charge >= 0.3 is 0 Å². The summed E-state index contributed by atoms with van der Waals surface area (Å²) < 4.78 is 42.1. The average Bonchev–Trinajstić information content (AvgIpc) is 3.49. The van der Waals surface area contributed by atoms with Gasteiger partial charge in [-0.15, -0.1) is 0 Å². The molecule has 0 saturated carbocycles. The van der Waals surface area contributed by atoms with Crippen molar-refractivity contribution in [2.24, 2.45) is 0 Å². The van der Waals surface area contributed by atoms with Crippen molar-refractivity contribution in [2.45, 2.75) is 36.5 Å². The lowest BCUT2D eigenvalue weighted by Crippen LogP contribution is -2.37. The number of aromatic nitrogens is 2. The molecule has 9 heteroatoms. The van der Waals surface area contributed by atoms with E-state index in [1.807, 2.05) is 23.2 Å². The van der Waals surface area contributed by atoms with Crippen molar-refractivity contribution < 1.29 is 17.6 Å². The fraction of sp³-hybridized carbons (Fsp3) is 0.391. The van der Waals surface area contributed by atoms with Crippen molar-refractivity contribution in [3.05, 3.63) is 65.7 Å². The van der Waals surface area contributed by atoms with Gasteiger partial charge in [0.25, 0.3) is 5.91 Å². The van der Waals surface area contributed by atoms with Crippen LogP contribution in [-0.4, -0.2) is 59.3 Å². The van der Waals surface area contributed by atoms with Crippen molar-refractivity contribution in [1.29, 1.82) is 0 Å². The van der Waals surface area contributed by atoms with E-state index in [1.54, 1.807) is 10.7 Å². The fourth-order valence-electron chi connectivity index (χ4n) is 4.69. The summed E-state index contributed by atoms with van der Waals surface area (Å²) in [6.45, 7) is 2.37. The van der Waals surface area contributed by atoms with Crippen LogP contribution in [0.1, 0.15) is 47.5 Å². The molecule has 7 nitrogen and oxygen atoms in total. The first-order valence-electron chi connectivity index (χ1n) is 11.0. The topological polar surface area (TPSA) is 75.0 Å². The molecule has 4 heterocycles. The number of likely N-dealkylation sites (tertiary alicyclic amines) is 1. The fourth-order valence-corrected chi connectivity index (χ4v) is 6.16. The zero-order valence-corrected chi connectivity index (χ0v) is 18.5. The van der Waals surface area contributed by atoms with Gasteiger partial charge in [-0.1, -0.05) is 0 Å². The molecule has 2 saturated heterocycles. The molecule has 2 aliphatic heterocycles. The highest BCUT2D eigenvalue weighted by Crippen LogP contribution is 2.32. The molecule has 168 valence electrons. The van der Waals surface area contributed by atoms with Gasteiger partial charge in [0.05, 0.1) is 22.2 Å². The standard InChI is InChI=1S/C23H25FN4O3S/c24-19-3-5-20(6-4-19)32(30,31)27-12-7-17(8-13-27)18-9-14-28-22(15-18)21(16-25-28)23(29)26-10-1-2-11-26/h3-6,9,14-17H,1-2,7-8,10-13H2. The van der Waals surface area contributed by atoms with Crippen LogP contribution in [0, 0.1) is 5.82 Å². The Bertz CT molecular complexity index is 1240. The van der Waals surface area contributed by atoms with Crippen LogP contribution in [0.3, 0.4) is 0 Å². The van der Waals surface area contributed by atoms with E-state index in [9.17, 15) is 17.6 Å². The van der Waals surface area contributed by atoms with E-state index < -0.39 is 15.8 Å². The second kappa shape index (κ2) is 8.29. The van der Waals surface area contributed by atoms with Crippen LogP contribution in [0.15, 0.2) is 53.7 Å². The third-order valence-electron chi connectivity index (χ3n) is 6.55. The second-order valence-electron chi connectivity index (χ2n) is 8.48. The minimum absolute atomic E-state index is 0.0230. The summed E-state index contributed by atoms with van der Waals surface area (Å²) in [5, 5.41) is 4.34. The third kappa shape index (κ3) is 3.80. The van der Waals surface area contributed by atoms with Gasteiger partial charge in [-0.05, 0) is 73.6 Å². The smallest absolute Gasteiger partial charge is 0.257 e. The first kappa shape index (κ1) is 21.1. The number of halogens is 1. The monoisotopic (exact) mass is 456 g/mol. The van der Waals surface area contributed by atoms with Gasteiger partial charge in [-0.3, -0.25) is 4.79 Å². The van der Waals surface area contributed by atoms with E-state index in [2.05, 4.69) is 5.10 Å². The molecule has 0 atom stereocenters. The summed E-state index contributed by atoms with van der Waals surface area (Å²) >= 11 is 0. The van der Waals surface area contributed by atoms with Gasteiger partial charge in [0.15, 0.2) is 0 Å². The van der Waals surface area contributed by atoms with E-state index >= 15 is 0 Å². The lowest BCUT2D eigenvalue weighted by atomic mass is 9.90. The zero-order valence-electron chi connectivity index (χ0n) is 17.7. The molecule has 0 spiro atoms. The number of hydrogen-bond acceptors (Lipinski definition) is 4. The van der Waals surface area contributed by atoms with Crippen LogP contribution >= 0.6 is 0 Å². The number of piperidine rings is 1. The van der Waals surface area contributed by atoms with E-state index in [0.29, 0.717) is 31.5 Å². The molecule has 0 radical (unpaired) electrons. The summed E-state index contributed by atoms with van der Waals surface area (Å²) in [7, 11) is -3.64. The van der Waals surface area contributed by atoms with Crippen molar-refractivity contribution in [2.75, 3.05) is 26.2 Å². The van der Waals surface area contributed by atoms with Crippen LogP contribution in [0.5, 0.6) is 0 Å². The van der Waals surface area contributed by atoms with Crippen molar-refractivity contribution >= 4 is 21.4 Å². The maximum absolute atomic E-state index is 13.2. The third-order valence-corrected chi connectivity index (χ3v) is 8.46. The summed E-state index contributed by atoms with van der Waals surface area (Å²) in [5.41, 5.74) is 2.50. The molecule has 0 N–H and O–H groups in total. The number of rotatable bonds is 4. The molecular formula is C23H25FN4O3S. The minimum Gasteiger partial charge on any atom is -0.339 e. The van der Waals surface area contributed by atoms with Crippen LogP contribution in [0.2, 0.25) is 0 Å². The predicted molar refractivity (Wildman–Crippen MR) is 117 cm³/mol. The molecule has 0 unspecified atom stereocenters. The van der Waals surface area contributed by atoms with Gasteiger partial charge in [0.1, 0.15) is 5.82 Å². The minimum atomic E-state index is -3.64. The van der Waals surface area contributed by atoms with Crippen LogP contribution in [-0.2, 0) is 10.0 Å². The van der Waals surface area contributed by atoms with Crippen LogP contribution < -0.4 is 0 Å². The highest BCUT2D eigenvalue weighted by molar-refractivity contribution is 7.89. The number of benzene rings is 1. The molecule has 5 rings (SSSR count). The number of carbonyl (C=O) groups is 1. The van der Waals surface area contributed by atoms with Gasteiger partial charge < -0.3 is 4.90 Å². The van der Waals surface area contributed by atoms with E-state index in [1.165, 1.54) is 28.6 Å². The lowest BCUT2D eigenvalue weighted by Gasteiger charge is -2.31. The molecule has 3 aromatic rings. The Morgan fingerprint density at radius 1 is 1.00 bits per heavy atom. The first-order valence-corrected chi connectivity index (χ1v) is 12.4. The van der Waals surface area contributed by atoms with Gasteiger partial charge in [-0.2, -0.15) is 9.40 Å². The van der Waals surface area contributed by atoms with E-state index in [-0.39, 0.29) is 16.7 Å². The van der Waals surface area contributed by atoms with Crippen molar-refractivity contribution in [3.8, 4) is 0 Å². The molecular weight excluding hydrogens is 431 g/mol. The molecule has 1 amide bonds. The van der Waals surface area contributed by atoms with Crippen molar-refractivity contribution in [1.82, 2.24) is 18.8 Å². The molecule has 32 heavy (non-hydrogen) atoms. The molecule has 1 aromatic carbocycles. The lowest BCUT2D eigenvalue weighted by molar-refractivity contribution is 0.0794. The molecule has 2 fully saturated rings. The number of carbonyl (C=O) groups excluding carboxylic acids is 1. The Labute approximate surface area is 186 Å². The Kier molecular flexibility index (Phi) is 5.46. The number of nitrogens with zero attached hydrogens (tertiary/aromatic N) is 4. The van der Waals surface area contributed by atoms with Crippen LogP contribution in [0.4, 0.5) is 4.39 Å². The molecule has 2 aromatic heterocycles. The Morgan fingerprint density at radius 2 is 1.69 bits per heavy atom. The van der Waals surface area contributed by atoms with E-state index in [0.717, 1.165) is 37.0 Å². The predicted octanol–water partition coefficient (Wildman–Crippen LogP) is 3.28.